The largest absolute Gasteiger partial charge is 0.378 e. The van der Waals surface area contributed by atoms with Gasteiger partial charge in [0.15, 0.2) is 0 Å². The highest BCUT2D eigenvalue weighted by Crippen LogP contribution is 2.36. The second-order valence-electron chi connectivity index (χ2n) is 7.54. The van der Waals surface area contributed by atoms with E-state index < -0.39 is 28.5 Å². The topological polar surface area (TPSA) is 122 Å². The smallest absolute Gasteiger partial charge is 0.294 e. The monoisotopic (exact) mass is 536 g/mol. The molecular weight excluding hydrogens is 519 g/mol. The fourth-order valence-corrected chi connectivity index (χ4v) is 4.84. The summed E-state index contributed by atoms with van der Waals surface area (Å²) in [6.07, 6.45) is 1.26. The van der Waals surface area contributed by atoms with Crippen molar-refractivity contribution in [2.75, 3.05) is 43.1 Å². The van der Waals surface area contributed by atoms with E-state index in [0.717, 1.165) is 29.7 Å². The summed E-state index contributed by atoms with van der Waals surface area (Å²) in [5.74, 6) is -1.25. The number of nitrogens with zero attached hydrogens (tertiary/aromatic N) is 3. The molecule has 0 radical (unpaired) electrons. The van der Waals surface area contributed by atoms with E-state index in [4.69, 9.17) is 27.9 Å². The molecule has 2 saturated heterocycles. The number of ether oxygens (including phenoxy) is 1. The molecule has 3 amide bonds. The van der Waals surface area contributed by atoms with Gasteiger partial charge in [0.2, 0.25) is 5.91 Å². The van der Waals surface area contributed by atoms with Crippen LogP contribution in [0.4, 0.5) is 21.9 Å². The Balaban J connectivity index is 1.42. The van der Waals surface area contributed by atoms with Crippen molar-refractivity contribution in [1.82, 2.24) is 4.90 Å². The van der Waals surface area contributed by atoms with Crippen LogP contribution in [0.1, 0.15) is 5.56 Å². The number of hydrogen-bond donors (Lipinski definition) is 1. The Labute approximate surface area is 213 Å². The number of amides is 3. The van der Waals surface area contributed by atoms with Crippen LogP contribution in [0.5, 0.6) is 0 Å². The number of morpholine rings is 1. The minimum absolute atomic E-state index is 0.0174. The summed E-state index contributed by atoms with van der Waals surface area (Å²) in [5.41, 5.74) is 1.29. The van der Waals surface area contributed by atoms with Gasteiger partial charge in [-0.2, -0.15) is 0 Å². The number of thioether (sulfide) groups is 1. The third-order valence-corrected chi connectivity index (χ3v) is 6.79. The zero-order valence-corrected chi connectivity index (χ0v) is 20.4. The van der Waals surface area contributed by atoms with E-state index in [1.165, 1.54) is 12.1 Å². The van der Waals surface area contributed by atoms with Crippen LogP contribution in [0, 0.1) is 10.1 Å². The summed E-state index contributed by atoms with van der Waals surface area (Å²) in [4.78, 5) is 51.0. The molecule has 182 valence electrons. The van der Waals surface area contributed by atoms with Gasteiger partial charge in [0, 0.05) is 41.1 Å². The molecule has 0 saturated carbocycles. The first kappa shape index (κ1) is 25.0. The first-order valence-electron chi connectivity index (χ1n) is 10.3. The lowest BCUT2D eigenvalue weighted by Gasteiger charge is -2.28. The Kier molecular flexibility index (Phi) is 7.60. The van der Waals surface area contributed by atoms with E-state index in [0.29, 0.717) is 30.7 Å². The van der Waals surface area contributed by atoms with Crippen molar-refractivity contribution in [3.05, 3.63) is 67.0 Å². The predicted octanol–water partition coefficient (Wildman–Crippen LogP) is 4.41. The van der Waals surface area contributed by atoms with Crippen LogP contribution in [-0.2, 0) is 14.3 Å². The average Bonchev–Trinajstić information content (AvgIpc) is 3.09. The lowest BCUT2D eigenvalue weighted by Crippen LogP contribution is -2.36. The Morgan fingerprint density at radius 2 is 1.83 bits per heavy atom. The number of hydrogen-bond acceptors (Lipinski definition) is 8. The van der Waals surface area contributed by atoms with Gasteiger partial charge in [-0.3, -0.25) is 29.4 Å². The Morgan fingerprint density at radius 1 is 1.14 bits per heavy atom. The van der Waals surface area contributed by atoms with E-state index in [1.807, 2.05) is 12.1 Å². The van der Waals surface area contributed by atoms with Gasteiger partial charge < -0.3 is 15.0 Å². The van der Waals surface area contributed by atoms with Crippen molar-refractivity contribution in [3.63, 3.8) is 0 Å². The highest BCUT2D eigenvalue weighted by atomic mass is 35.5. The normalized spacial score (nSPS) is 17.3. The van der Waals surface area contributed by atoms with E-state index in [2.05, 4.69) is 10.2 Å². The van der Waals surface area contributed by atoms with Crippen LogP contribution in [0.15, 0.2) is 41.3 Å². The van der Waals surface area contributed by atoms with Gasteiger partial charge in [-0.15, -0.1) is 0 Å². The molecule has 13 heteroatoms. The summed E-state index contributed by atoms with van der Waals surface area (Å²) in [7, 11) is 0. The Bertz CT molecular complexity index is 1230. The SMILES string of the molecule is O=C(CN1C(=O)S/C(=C\c2cc([N+](=O)[O-])c(Cl)cc2Cl)C1=O)Nc1ccc(N2CCOCC2)cc1. The van der Waals surface area contributed by atoms with E-state index in [1.54, 1.807) is 12.1 Å². The number of nitro groups is 1. The van der Waals surface area contributed by atoms with Crippen molar-refractivity contribution < 1.29 is 24.0 Å². The van der Waals surface area contributed by atoms with E-state index in [-0.39, 0.29) is 26.2 Å². The molecule has 2 aromatic rings. The number of carbonyl (C=O) groups excluding carboxylic acids is 3. The molecule has 4 rings (SSSR count). The zero-order chi connectivity index (χ0) is 25.1. The highest BCUT2D eigenvalue weighted by Gasteiger charge is 2.36. The van der Waals surface area contributed by atoms with Crippen molar-refractivity contribution in [2.45, 2.75) is 0 Å². The Hall–Kier alpha value is -3.12. The highest BCUT2D eigenvalue weighted by molar-refractivity contribution is 8.18. The third kappa shape index (κ3) is 5.76. The number of carbonyl (C=O) groups is 3. The van der Waals surface area contributed by atoms with Crippen LogP contribution < -0.4 is 10.2 Å². The minimum Gasteiger partial charge on any atom is -0.378 e. The molecule has 0 unspecified atom stereocenters. The summed E-state index contributed by atoms with van der Waals surface area (Å²) < 4.78 is 5.34. The summed E-state index contributed by atoms with van der Waals surface area (Å²) >= 11 is 12.5. The van der Waals surface area contributed by atoms with Crippen molar-refractivity contribution in [2.24, 2.45) is 0 Å². The first-order chi connectivity index (χ1) is 16.7. The molecule has 2 fully saturated rings. The van der Waals surface area contributed by atoms with Gasteiger partial charge in [-0.05, 0) is 48.2 Å². The lowest BCUT2D eigenvalue weighted by atomic mass is 10.2. The van der Waals surface area contributed by atoms with E-state index in [9.17, 15) is 24.5 Å². The maximum atomic E-state index is 12.7. The lowest BCUT2D eigenvalue weighted by molar-refractivity contribution is -0.384. The van der Waals surface area contributed by atoms with Crippen molar-refractivity contribution >= 4 is 75.2 Å². The zero-order valence-electron chi connectivity index (χ0n) is 18.0. The van der Waals surface area contributed by atoms with Gasteiger partial charge in [0.1, 0.15) is 11.6 Å². The molecule has 2 aliphatic heterocycles. The standard InChI is InChI=1S/C22H18Cl2N4O6S/c23-16-11-17(24)18(28(32)33)9-13(16)10-19-21(30)27(22(31)35-19)12-20(29)25-14-1-3-15(4-2-14)26-5-7-34-8-6-26/h1-4,9-11H,5-8,12H2,(H,25,29)/b19-10-. The fraction of sp³-hybridized carbons (Fsp3) is 0.227. The quantitative estimate of drug-likeness (QED) is 0.327. The maximum Gasteiger partial charge on any atom is 0.294 e. The number of nitrogens with one attached hydrogen (secondary N) is 1. The van der Waals surface area contributed by atoms with Crippen molar-refractivity contribution in [3.8, 4) is 0 Å². The number of imide groups is 1. The predicted molar refractivity (Wildman–Crippen MR) is 134 cm³/mol. The van der Waals surface area contributed by atoms with Crippen LogP contribution in [-0.4, -0.2) is 59.7 Å². The van der Waals surface area contributed by atoms with Crippen LogP contribution in [0.2, 0.25) is 10.0 Å². The molecule has 2 aliphatic rings. The van der Waals surface area contributed by atoms with E-state index >= 15 is 0 Å². The molecule has 2 heterocycles. The molecular formula is C22H18Cl2N4O6S. The van der Waals surface area contributed by atoms with Gasteiger partial charge in [-0.25, -0.2) is 0 Å². The van der Waals surface area contributed by atoms with Gasteiger partial charge in [0.25, 0.3) is 16.8 Å². The number of nitro benzene ring substituents is 1. The second kappa shape index (κ2) is 10.6. The molecule has 0 aliphatic carbocycles. The summed E-state index contributed by atoms with van der Waals surface area (Å²) in [6, 6.07) is 9.54. The molecule has 10 nitrogen and oxygen atoms in total. The molecule has 0 atom stereocenters. The fourth-order valence-electron chi connectivity index (χ4n) is 3.50. The average molecular weight is 537 g/mol. The molecule has 0 spiro atoms. The number of benzene rings is 2. The summed E-state index contributed by atoms with van der Waals surface area (Å²) in [6.45, 7) is 2.40. The number of anilines is 2. The van der Waals surface area contributed by atoms with Gasteiger partial charge in [-0.1, -0.05) is 23.2 Å². The van der Waals surface area contributed by atoms with Crippen molar-refractivity contribution in [1.29, 1.82) is 0 Å². The second-order valence-corrected chi connectivity index (χ2v) is 9.35. The summed E-state index contributed by atoms with van der Waals surface area (Å²) in [5, 5.41) is 13.1. The first-order valence-corrected chi connectivity index (χ1v) is 11.9. The molecule has 0 bridgehead atoms. The third-order valence-electron chi connectivity index (χ3n) is 5.25. The molecule has 2 aromatic carbocycles. The van der Waals surface area contributed by atoms with Crippen LogP contribution in [0.3, 0.4) is 0 Å². The number of rotatable bonds is 6. The van der Waals surface area contributed by atoms with Gasteiger partial charge >= 0.3 is 0 Å². The van der Waals surface area contributed by atoms with Gasteiger partial charge in [0.05, 0.1) is 23.0 Å². The maximum absolute atomic E-state index is 12.7. The Morgan fingerprint density at radius 3 is 2.49 bits per heavy atom. The molecule has 0 aromatic heterocycles. The minimum atomic E-state index is -0.702. The molecule has 1 N–H and O–H groups in total. The van der Waals surface area contributed by atoms with Crippen LogP contribution in [0.25, 0.3) is 6.08 Å². The number of halogens is 2. The van der Waals surface area contributed by atoms with Crippen LogP contribution >= 0.6 is 35.0 Å². The molecule has 35 heavy (non-hydrogen) atoms.